The fourth-order valence-electron chi connectivity index (χ4n) is 2.26. The van der Waals surface area contributed by atoms with Gasteiger partial charge in [-0.25, -0.2) is 0 Å². The number of nitrogens with two attached hydrogens (primary N) is 1. The highest BCUT2D eigenvalue weighted by Crippen LogP contribution is 2.27. The van der Waals surface area contributed by atoms with Gasteiger partial charge in [0.05, 0.1) is 11.2 Å². The Labute approximate surface area is 122 Å². The number of fused-ring (bicyclic) bond motifs is 1. The zero-order chi connectivity index (χ0) is 14.1. The van der Waals surface area contributed by atoms with E-state index in [2.05, 4.69) is 30.2 Å². The van der Waals surface area contributed by atoms with Crippen molar-refractivity contribution in [2.45, 2.75) is 20.4 Å². The van der Waals surface area contributed by atoms with Crippen molar-refractivity contribution < 1.29 is 0 Å². The molecule has 3 N–H and O–H groups in total. The first kappa shape index (κ1) is 12.9. The van der Waals surface area contributed by atoms with Crippen molar-refractivity contribution in [1.82, 2.24) is 4.98 Å². The number of thiophene rings is 1. The summed E-state index contributed by atoms with van der Waals surface area (Å²) in [5, 5.41) is 4.46. The summed E-state index contributed by atoms with van der Waals surface area (Å²) in [6.07, 6.45) is 1.80. The molecule has 0 unspecified atom stereocenters. The van der Waals surface area contributed by atoms with Crippen molar-refractivity contribution in [3.8, 4) is 0 Å². The number of aryl methyl sites for hydroxylation is 2. The van der Waals surface area contributed by atoms with Crippen LogP contribution in [0.4, 0.5) is 11.4 Å². The summed E-state index contributed by atoms with van der Waals surface area (Å²) in [5.74, 6) is 0. The Hall–Kier alpha value is -2.07. The van der Waals surface area contributed by atoms with Gasteiger partial charge in [0.2, 0.25) is 0 Å². The normalized spacial score (nSPS) is 10.9. The third kappa shape index (κ3) is 2.34. The lowest BCUT2D eigenvalue weighted by molar-refractivity contribution is 1.19. The molecule has 3 nitrogen and oxygen atoms in total. The van der Waals surface area contributed by atoms with Crippen LogP contribution in [0, 0.1) is 13.8 Å². The van der Waals surface area contributed by atoms with Crippen LogP contribution < -0.4 is 11.1 Å². The lowest BCUT2D eigenvalue weighted by Gasteiger charge is -2.09. The number of anilines is 2. The number of nitrogens with zero attached hydrogens (tertiary/aromatic N) is 1. The maximum absolute atomic E-state index is 5.99. The third-order valence-electron chi connectivity index (χ3n) is 3.47. The molecular formula is C16H17N3S. The summed E-state index contributed by atoms with van der Waals surface area (Å²) in [4.78, 5) is 7.15. The fourth-order valence-corrected chi connectivity index (χ4v) is 3.25. The smallest absolute Gasteiger partial charge is 0.0953 e. The van der Waals surface area contributed by atoms with E-state index < -0.39 is 0 Å². The molecule has 2 heterocycles. The number of hydrogen-bond donors (Lipinski definition) is 2. The van der Waals surface area contributed by atoms with Gasteiger partial charge in [-0.3, -0.25) is 4.98 Å². The lowest BCUT2D eigenvalue weighted by Crippen LogP contribution is -2.00. The van der Waals surface area contributed by atoms with E-state index in [1.54, 1.807) is 6.20 Å². The number of benzene rings is 1. The summed E-state index contributed by atoms with van der Waals surface area (Å²) in [7, 11) is 0. The van der Waals surface area contributed by atoms with Crippen molar-refractivity contribution in [1.29, 1.82) is 0 Å². The Morgan fingerprint density at radius 3 is 2.85 bits per heavy atom. The van der Waals surface area contributed by atoms with Gasteiger partial charge in [-0.1, -0.05) is 0 Å². The fraction of sp³-hybridized carbons (Fsp3) is 0.188. The van der Waals surface area contributed by atoms with E-state index in [1.807, 2.05) is 35.6 Å². The topological polar surface area (TPSA) is 50.9 Å². The average molecular weight is 283 g/mol. The van der Waals surface area contributed by atoms with E-state index in [9.17, 15) is 0 Å². The van der Waals surface area contributed by atoms with Crippen LogP contribution >= 0.6 is 11.3 Å². The highest BCUT2D eigenvalue weighted by atomic mass is 32.1. The molecule has 4 heteroatoms. The molecule has 2 aromatic heterocycles. The predicted molar refractivity (Wildman–Crippen MR) is 87.3 cm³/mol. The predicted octanol–water partition coefficient (Wildman–Crippen LogP) is 4.11. The first-order valence-corrected chi connectivity index (χ1v) is 7.40. The molecule has 0 bridgehead atoms. The molecule has 0 atom stereocenters. The Bertz CT molecular complexity index is 742. The molecule has 0 saturated heterocycles. The van der Waals surface area contributed by atoms with Crippen LogP contribution in [0.15, 0.2) is 36.5 Å². The highest BCUT2D eigenvalue weighted by molar-refractivity contribution is 7.12. The van der Waals surface area contributed by atoms with Crippen LogP contribution in [0.2, 0.25) is 0 Å². The Morgan fingerprint density at radius 1 is 1.25 bits per heavy atom. The Balaban J connectivity index is 1.89. The monoisotopic (exact) mass is 283 g/mol. The molecule has 0 fully saturated rings. The van der Waals surface area contributed by atoms with Crippen molar-refractivity contribution in [3.63, 3.8) is 0 Å². The molecule has 0 aliphatic heterocycles. The zero-order valence-electron chi connectivity index (χ0n) is 11.6. The van der Waals surface area contributed by atoms with Crippen LogP contribution in [0.3, 0.4) is 0 Å². The summed E-state index contributed by atoms with van der Waals surface area (Å²) in [6, 6.07) is 10.1. The van der Waals surface area contributed by atoms with Gasteiger partial charge in [0.15, 0.2) is 0 Å². The lowest BCUT2D eigenvalue weighted by atomic mass is 10.1. The number of nitrogens with one attached hydrogen (secondary N) is 1. The van der Waals surface area contributed by atoms with Gasteiger partial charge in [-0.2, -0.15) is 0 Å². The number of pyridine rings is 1. The van der Waals surface area contributed by atoms with E-state index in [0.29, 0.717) is 0 Å². The quantitative estimate of drug-likeness (QED) is 0.711. The summed E-state index contributed by atoms with van der Waals surface area (Å²) in [5.41, 5.74) is 10.1. The number of aromatic nitrogens is 1. The summed E-state index contributed by atoms with van der Waals surface area (Å²) >= 11 is 1.83. The van der Waals surface area contributed by atoms with E-state index in [0.717, 1.165) is 28.8 Å². The van der Waals surface area contributed by atoms with Crippen LogP contribution in [0.1, 0.15) is 15.3 Å². The van der Waals surface area contributed by atoms with Gasteiger partial charge in [0.1, 0.15) is 0 Å². The second-order valence-corrected chi connectivity index (χ2v) is 6.25. The molecular weight excluding hydrogens is 266 g/mol. The Kier molecular flexibility index (Phi) is 3.32. The summed E-state index contributed by atoms with van der Waals surface area (Å²) < 4.78 is 0. The van der Waals surface area contributed by atoms with E-state index >= 15 is 0 Å². The zero-order valence-corrected chi connectivity index (χ0v) is 12.4. The molecule has 102 valence electrons. The molecule has 0 aliphatic carbocycles. The average Bonchev–Trinajstić information content (AvgIpc) is 2.77. The van der Waals surface area contributed by atoms with Crippen molar-refractivity contribution in [2.24, 2.45) is 0 Å². The molecule has 1 aromatic carbocycles. The molecule has 0 radical (unpaired) electrons. The molecule has 20 heavy (non-hydrogen) atoms. The maximum Gasteiger partial charge on any atom is 0.0953 e. The van der Waals surface area contributed by atoms with Gasteiger partial charge in [0, 0.05) is 33.6 Å². The van der Waals surface area contributed by atoms with Crippen LogP contribution in [-0.4, -0.2) is 4.98 Å². The minimum absolute atomic E-state index is 0.765. The van der Waals surface area contributed by atoms with Crippen LogP contribution in [0.5, 0.6) is 0 Å². The third-order valence-corrected chi connectivity index (χ3v) is 4.63. The molecule has 0 spiro atoms. The first-order valence-electron chi connectivity index (χ1n) is 6.58. The van der Waals surface area contributed by atoms with Crippen molar-refractivity contribution in [3.05, 3.63) is 51.8 Å². The second kappa shape index (κ2) is 5.13. The standard InChI is InChI=1S/C16H17N3S/c1-10-8-12(20-11(10)2)9-19-15-6-5-14(17)13-4-3-7-18-16(13)15/h3-8,19H,9,17H2,1-2H3. The molecule has 3 rings (SSSR count). The van der Waals surface area contributed by atoms with E-state index in [1.165, 1.54) is 15.3 Å². The maximum atomic E-state index is 5.99. The van der Waals surface area contributed by atoms with Gasteiger partial charge < -0.3 is 11.1 Å². The molecule has 3 aromatic rings. The van der Waals surface area contributed by atoms with E-state index in [4.69, 9.17) is 5.73 Å². The number of nitrogen functional groups attached to an aromatic ring is 1. The molecule has 0 amide bonds. The van der Waals surface area contributed by atoms with Gasteiger partial charge in [0.25, 0.3) is 0 Å². The van der Waals surface area contributed by atoms with Crippen molar-refractivity contribution >= 4 is 33.6 Å². The highest BCUT2D eigenvalue weighted by Gasteiger charge is 2.06. The van der Waals surface area contributed by atoms with Crippen LogP contribution in [0.25, 0.3) is 10.9 Å². The van der Waals surface area contributed by atoms with Crippen LogP contribution in [-0.2, 0) is 6.54 Å². The second-order valence-electron chi connectivity index (χ2n) is 4.91. The molecule has 0 saturated carbocycles. The van der Waals surface area contributed by atoms with Gasteiger partial charge in [-0.15, -0.1) is 11.3 Å². The summed E-state index contributed by atoms with van der Waals surface area (Å²) in [6.45, 7) is 5.12. The van der Waals surface area contributed by atoms with Gasteiger partial charge >= 0.3 is 0 Å². The SMILES string of the molecule is Cc1cc(CNc2ccc(N)c3cccnc23)sc1C. The van der Waals surface area contributed by atoms with Gasteiger partial charge in [-0.05, 0) is 49.7 Å². The minimum Gasteiger partial charge on any atom is -0.398 e. The number of hydrogen-bond acceptors (Lipinski definition) is 4. The number of rotatable bonds is 3. The molecule has 0 aliphatic rings. The largest absolute Gasteiger partial charge is 0.398 e. The van der Waals surface area contributed by atoms with Crippen molar-refractivity contribution in [2.75, 3.05) is 11.1 Å². The first-order chi connectivity index (χ1) is 9.65. The Morgan fingerprint density at radius 2 is 2.10 bits per heavy atom. The minimum atomic E-state index is 0.765. The van der Waals surface area contributed by atoms with E-state index in [-0.39, 0.29) is 0 Å².